The lowest BCUT2D eigenvalue weighted by atomic mass is 9.84. The Hall–Kier alpha value is -0.0800. The summed E-state index contributed by atoms with van der Waals surface area (Å²) in [5.74, 6) is 0. The van der Waals surface area contributed by atoms with E-state index in [0.717, 1.165) is 0 Å². The van der Waals surface area contributed by atoms with Crippen molar-refractivity contribution in [3.8, 4) is 0 Å². The van der Waals surface area contributed by atoms with Crippen LogP contribution < -0.4 is 10.6 Å². The molecule has 1 heterocycles. The fourth-order valence-corrected chi connectivity index (χ4v) is 2.38. The lowest BCUT2D eigenvalue weighted by Crippen LogP contribution is -2.39. The lowest BCUT2D eigenvalue weighted by Gasteiger charge is -2.29. The highest BCUT2D eigenvalue weighted by molar-refractivity contribution is 4.89. The number of unbranched alkanes of at least 4 members (excludes halogenated alkanes) is 1. The molecule has 0 aromatic carbocycles. The van der Waals surface area contributed by atoms with Crippen LogP contribution in [0.3, 0.4) is 0 Å². The van der Waals surface area contributed by atoms with Crippen molar-refractivity contribution < 1.29 is 0 Å². The van der Waals surface area contributed by atoms with Gasteiger partial charge in [-0.2, -0.15) is 0 Å². The van der Waals surface area contributed by atoms with E-state index in [-0.39, 0.29) is 0 Å². The summed E-state index contributed by atoms with van der Waals surface area (Å²) in [4.78, 5) is 0. The number of nitrogens with one attached hydrogen (secondary N) is 2. The maximum absolute atomic E-state index is 3.71. The van der Waals surface area contributed by atoms with Gasteiger partial charge < -0.3 is 10.6 Å². The van der Waals surface area contributed by atoms with Crippen LogP contribution >= 0.6 is 0 Å². The molecule has 1 aliphatic heterocycles. The van der Waals surface area contributed by atoms with E-state index in [1.165, 1.54) is 51.7 Å². The Morgan fingerprint density at radius 1 is 1.40 bits per heavy atom. The molecule has 90 valence electrons. The molecule has 2 unspecified atom stereocenters. The molecule has 0 aliphatic carbocycles. The molecule has 1 saturated heterocycles. The van der Waals surface area contributed by atoms with Crippen LogP contribution in [0.1, 0.15) is 52.9 Å². The standard InChI is InChI=1S/C13H28N2/c1-4-6-7-12(3)15-11-13(5-2)8-9-14-10-13/h12,14-15H,4-11H2,1-3H3. The molecule has 0 radical (unpaired) electrons. The largest absolute Gasteiger partial charge is 0.316 e. The van der Waals surface area contributed by atoms with E-state index in [9.17, 15) is 0 Å². The second-order valence-corrected chi connectivity index (χ2v) is 5.20. The monoisotopic (exact) mass is 212 g/mol. The molecule has 15 heavy (non-hydrogen) atoms. The Morgan fingerprint density at radius 3 is 2.73 bits per heavy atom. The molecule has 2 nitrogen and oxygen atoms in total. The van der Waals surface area contributed by atoms with Crippen molar-refractivity contribution in [2.75, 3.05) is 19.6 Å². The Bertz CT molecular complexity index is 162. The summed E-state index contributed by atoms with van der Waals surface area (Å²) in [7, 11) is 0. The molecule has 0 bridgehead atoms. The van der Waals surface area contributed by atoms with Gasteiger partial charge in [0, 0.05) is 19.1 Å². The van der Waals surface area contributed by atoms with Gasteiger partial charge in [-0.25, -0.2) is 0 Å². The maximum atomic E-state index is 3.71. The van der Waals surface area contributed by atoms with E-state index >= 15 is 0 Å². The summed E-state index contributed by atoms with van der Waals surface area (Å²) in [5.41, 5.74) is 0.542. The van der Waals surface area contributed by atoms with Crippen molar-refractivity contribution in [1.29, 1.82) is 0 Å². The van der Waals surface area contributed by atoms with Gasteiger partial charge in [0.1, 0.15) is 0 Å². The minimum atomic E-state index is 0.542. The number of hydrogen-bond acceptors (Lipinski definition) is 2. The van der Waals surface area contributed by atoms with Gasteiger partial charge in [0.15, 0.2) is 0 Å². The van der Waals surface area contributed by atoms with Crippen LogP contribution in [0.5, 0.6) is 0 Å². The van der Waals surface area contributed by atoms with E-state index in [0.29, 0.717) is 11.5 Å². The molecule has 0 aromatic heterocycles. The minimum Gasteiger partial charge on any atom is -0.316 e. The Balaban J connectivity index is 2.21. The molecule has 0 saturated carbocycles. The molecule has 0 spiro atoms. The number of hydrogen-bond donors (Lipinski definition) is 2. The summed E-state index contributed by atoms with van der Waals surface area (Å²) in [6.07, 6.45) is 6.63. The van der Waals surface area contributed by atoms with Crippen LogP contribution in [0.2, 0.25) is 0 Å². The van der Waals surface area contributed by atoms with E-state index < -0.39 is 0 Å². The van der Waals surface area contributed by atoms with Gasteiger partial charge in [0.25, 0.3) is 0 Å². The second kappa shape index (κ2) is 6.49. The van der Waals surface area contributed by atoms with E-state index in [1.807, 2.05) is 0 Å². The van der Waals surface area contributed by atoms with Crippen LogP contribution in [0.15, 0.2) is 0 Å². The first kappa shape index (κ1) is 13.0. The Labute approximate surface area is 95.2 Å². The molecule has 1 rings (SSSR count). The zero-order valence-electron chi connectivity index (χ0n) is 10.7. The SMILES string of the molecule is CCCCC(C)NCC1(CC)CCNC1. The number of rotatable bonds is 7. The average Bonchev–Trinajstić information content (AvgIpc) is 2.73. The smallest absolute Gasteiger partial charge is 0.00389 e. The fourth-order valence-electron chi connectivity index (χ4n) is 2.38. The van der Waals surface area contributed by atoms with E-state index in [1.54, 1.807) is 0 Å². The molecule has 1 aliphatic rings. The van der Waals surface area contributed by atoms with Crippen LogP contribution in [-0.2, 0) is 0 Å². The minimum absolute atomic E-state index is 0.542. The predicted octanol–water partition coefficient (Wildman–Crippen LogP) is 2.54. The summed E-state index contributed by atoms with van der Waals surface area (Å²) in [5, 5.41) is 7.20. The first-order valence-electron chi connectivity index (χ1n) is 6.66. The predicted molar refractivity (Wildman–Crippen MR) is 67.2 cm³/mol. The molecular weight excluding hydrogens is 184 g/mol. The first-order chi connectivity index (χ1) is 7.22. The van der Waals surface area contributed by atoms with Crippen molar-refractivity contribution in [3.05, 3.63) is 0 Å². The first-order valence-corrected chi connectivity index (χ1v) is 6.66. The zero-order chi connectivity index (χ0) is 11.1. The quantitative estimate of drug-likeness (QED) is 0.678. The van der Waals surface area contributed by atoms with E-state index in [2.05, 4.69) is 31.4 Å². The van der Waals surface area contributed by atoms with Gasteiger partial charge in [-0.1, -0.05) is 26.7 Å². The third-order valence-electron chi connectivity index (χ3n) is 3.90. The third-order valence-corrected chi connectivity index (χ3v) is 3.90. The average molecular weight is 212 g/mol. The Morgan fingerprint density at radius 2 is 2.20 bits per heavy atom. The van der Waals surface area contributed by atoms with Gasteiger partial charge >= 0.3 is 0 Å². The molecule has 0 amide bonds. The van der Waals surface area contributed by atoms with Crippen LogP contribution in [0.4, 0.5) is 0 Å². The van der Waals surface area contributed by atoms with Crippen LogP contribution in [0.25, 0.3) is 0 Å². The maximum Gasteiger partial charge on any atom is 0.00389 e. The van der Waals surface area contributed by atoms with Gasteiger partial charge in [-0.15, -0.1) is 0 Å². The molecule has 0 aromatic rings. The lowest BCUT2D eigenvalue weighted by molar-refractivity contribution is 0.275. The molecule has 2 N–H and O–H groups in total. The highest BCUT2D eigenvalue weighted by atomic mass is 15.0. The zero-order valence-corrected chi connectivity index (χ0v) is 10.7. The molecular formula is C13H28N2. The highest BCUT2D eigenvalue weighted by Crippen LogP contribution is 2.28. The second-order valence-electron chi connectivity index (χ2n) is 5.20. The van der Waals surface area contributed by atoms with Crippen molar-refractivity contribution in [3.63, 3.8) is 0 Å². The summed E-state index contributed by atoms with van der Waals surface area (Å²) >= 11 is 0. The normalized spacial score (nSPS) is 28.2. The topological polar surface area (TPSA) is 24.1 Å². The van der Waals surface area contributed by atoms with Crippen LogP contribution in [-0.4, -0.2) is 25.7 Å². The van der Waals surface area contributed by atoms with Crippen molar-refractivity contribution in [2.45, 2.75) is 58.9 Å². The van der Waals surface area contributed by atoms with Gasteiger partial charge in [-0.3, -0.25) is 0 Å². The van der Waals surface area contributed by atoms with Crippen molar-refractivity contribution in [2.24, 2.45) is 5.41 Å². The van der Waals surface area contributed by atoms with Crippen LogP contribution in [0, 0.1) is 5.41 Å². The van der Waals surface area contributed by atoms with Crippen molar-refractivity contribution in [1.82, 2.24) is 10.6 Å². The summed E-state index contributed by atoms with van der Waals surface area (Å²) < 4.78 is 0. The fraction of sp³-hybridized carbons (Fsp3) is 1.00. The molecule has 2 atom stereocenters. The van der Waals surface area contributed by atoms with Crippen molar-refractivity contribution >= 4 is 0 Å². The van der Waals surface area contributed by atoms with Gasteiger partial charge in [0.05, 0.1) is 0 Å². The molecule has 1 fully saturated rings. The Kier molecular flexibility index (Phi) is 5.62. The van der Waals surface area contributed by atoms with E-state index in [4.69, 9.17) is 0 Å². The molecule has 2 heteroatoms. The van der Waals surface area contributed by atoms with Gasteiger partial charge in [0.2, 0.25) is 0 Å². The van der Waals surface area contributed by atoms with Gasteiger partial charge in [-0.05, 0) is 38.1 Å². The summed E-state index contributed by atoms with van der Waals surface area (Å²) in [6, 6.07) is 0.689. The highest BCUT2D eigenvalue weighted by Gasteiger charge is 2.31. The summed E-state index contributed by atoms with van der Waals surface area (Å²) in [6.45, 7) is 10.5. The third kappa shape index (κ3) is 4.12.